The largest absolute Gasteiger partial charge is 0.325 e. The summed E-state index contributed by atoms with van der Waals surface area (Å²) in [5.74, 6) is -1.36. The molecule has 0 radical (unpaired) electrons. The summed E-state index contributed by atoms with van der Waals surface area (Å²) in [6, 6.07) is 11.2. The van der Waals surface area contributed by atoms with Crippen LogP contribution in [0.2, 0.25) is 5.02 Å². The highest BCUT2D eigenvalue weighted by molar-refractivity contribution is 6.31. The van der Waals surface area contributed by atoms with E-state index in [4.69, 9.17) is 11.6 Å². The Kier molecular flexibility index (Phi) is 4.77. The van der Waals surface area contributed by atoms with Crippen LogP contribution in [0.25, 0.3) is 0 Å². The maximum absolute atomic E-state index is 14.0. The van der Waals surface area contributed by atoms with Gasteiger partial charge in [-0.25, -0.2) is 4.39 Å². The van der Waals surface area contributed by atoms with Crippen molar-refractivity contribution in [2.45, 2.75) is 19.9 Å². The smallest absolute Gasteiger partial charge is 0.257 e. The third-order valence-electron chi connectivity index (χ3n) is 4.35. The second-order valence-electron chi connectivity index (χ2n) is 6.25. The number of benzene rings is 2. The fraction of sp³-hybridized carbons (Fsp3) is 0.263. The maximum Gasteiger partial charge on any atom is 0.257 e. The minimum atomic E-state index is -0.644. The van der Waals surface area contributed by atoms with E-state index in [1.165, 1.54) is 17.0 Å². The van der Waals surface area contributed by atoms with Gasteiger partial charge in [-0.1, -0.05) is 29.3 Å². The van der Waals surface area contributed by atoms with Crippen molar-refractivity contribution in [3.8, 4) is 0 Å². The number of carbonyl (C=O) groups excluding carboxylic acids is 2. The van der Waals surface area contributed by atoms with Gasteiger partial charge in [0.25, 0.3) is 5.91 Å². The first kappa shape index (κ1) is 17.4. The topological polar surface area (TPSA) is 40.6 Å². The van der Waals surface area contributed by atoms with Crippen molar-refractivity contribution in [1.29, 1.82) is 0 Å². The van der Waals surface area contributed by atoms with Gasteiger partial charge in [0.15, 0.2) is 0 Å². The van der Waals surface area contributed by atoms with Crippen molar-refractivity contribution in [1.82, 2.24) is 4.90 Å². The third-order valence-corrected chi connectivity index (χ3v) is 4.59. The lowest BCUT2D eigenvalue weighted by molar-refractivity contribution is -0.121. The molecule has 1 aliphatic rings. The van der Waals surface area contributed by atoms with Gasteiger partial charge in [0.2, 0.25) is 5.91 Å². The molecule has 1 heterocycles. The van der Waals surface area contributed by atoms with Crippen LogP contribution in [0.15, 0.2) is 42.5 Å². The second-order valence-corrected chi connectivity index (χ2v) is 6.68. The molecule has 4 nitrogen and oxygen atoms in total. The van der Waals surface area contributed by atoms with Crippen LogP contribution in [0.1, 0.15) is 22.8 Å². The van der Waals surface area contributed by atoms with Crippen molar-refractivity contribution in [3.05, 3.63) is 64.4 Å². The fourth-order valence-electron chi connectivity index (χ4n) is 2.91. The predicted octanol–water partition coefficient (Wildman–Crippen LogP) is 3.67. The standard InChI is InChI=1S/C19H18ClFN2O2/c1-12-3-6-15(7-4-12)23-10-13(2)22(11-18(23)24)19(25)16-9-14(20)5-8-17(16)21/h3-9,13H,10-11H2,1-2H3/t13-/m0/s1. The van der Waals surface area contributed by atoms with Gasteiger partial charge in [-0.05, 0) is 44.2 Å². The average molecular weight is 361 g/mol. The van der Waals surface area contributed by atoms with Crippen LogP contribution in [0.5, 0.6) is 0 Å². The van der Waals surface area contributed by atoms with E-state index in [2.05, 4.69) is 0 Å². The molecule has 130 valence electrons. The van der Waals surface area contributed by atoms with Gasteiger partial charge in [-0.2, -0.15) is 0 Å². The van der Waals surface area contributed by atoms with E-state index in [9.17, 15) is 14.0 Å². The normalized spacial score (nSPS) is 17.8. The number of aryl methyl sites for hydroxylation is 1. The van der Waals surface area contributed by atoms with Gasteiger partial charge >= 0.3 is 0 Å². The molecular weight excluding hydrogens is 343 g/mol. The number of halogens is 2. The molecule has 0 spiro atoms. The number of piperazine rings is 1. The SMILES string of the molecule is Cc1ccc(N2C[C@H](C)N(C(=O)c3cc(Cl)ccc3F)CC2=O)cc1. The molecule has 1 saturated heterocycles. The Balaban J connectivity index is 1.82. The second kappa shape index (κ2) is 6.84. The summed E-state index contributed by atoms with van der Waals surface area (Å²) in [6.45, 7) is 4.08. The Morgan fingerprint density at radius 1 is 1.20 bits per heavy atom. The maximum atomic E-state index is 14.0. The molecule has 0 N–H and O–H groups in total. The van der Waals surface area contributed by atoms with E-state index < -0.39 is 11.7 Å². The Morgan fingerprint density at radius 2 is 1.88 bits per heavy atom. The highest BCUT2D eigenvalue weighted by Gasteiger charge is 2.34. The van der Waals surface area contributed by atoms with Crippen LogP contribution in [-0.4, -0.2) is 35.8 Å². The summed E-state index contributed by atoms with van der Waals surface area (Å²) in [5, 5.41) is 0.280. The molecule has 2 aromatic carbocycles. The highest BCUT2D eigenvalue weighted by Crippen LogP contribution is 2.23. The molecule has 2 amide bonds. The molecule has 2 aromatic rings. The molecule has 6 heteroatoms. The van der Waals surface area contributed by atoms with E-state index in [1.807, 2.05) is 38.1 Å². The zero-order chi connectivity index (χ0) is 18.1. The van der Waals surface area contributed by atoms with Crippen LogP contribution in [0, 0.1) is 12.7 Å². The summed E-state index contributed by atoms with van der Waals surface area (Å²) in [7, 11) is 0. The molecule has 0 saturated carbocycles. The van der Waals surface area contributed by atoms with E-state index in [0.29, 0.717) is 6.54 Å². The van der Waals surface area contributed by atoms with Gasteiger partial charge in [-0.15, -0.1) is 0 Å². The van der Waals surface area contributed by atoms with Crippen LogP contribution in [0.4, 0.5) is 10.1 Å². The quantitative estimate of drug-likeness (QED) is 0.820. The monoisotopic (exact) mass is 360 g/mol. The van der Waals surface area contributed by atoms with Crippen molar-refractivity contribution in [3.63, 3.8) is 0 Å². The summed E-state index contributed by atoms with van der Waals surface area (Å²) < 4.78 is 14.0. The zero-order valence-corrected chi connectivity index (χ0v) is 14.8. The minimum Gasteiger partial charge on any atom is -0.325 e. The van der Waals surface area contributed by atoms with Gasteiger partial charge in [0, 0.05) is 23.3 Å². The van der Waals surface area contributed by atoms with Gasteiger partial charge in [0.05, 0.1) is 5.56 Å². The van der Waals surface area contributed by atoms with Gasteiger partial charge < -0.3 is 9.80 Å². The molecule has 1 fully saturated rings. The molecule has 25 heavy (non-hydrogen) atoms. The Bertz CT molecular complexity index is 823. The number of anilines is 1. The average Bonchev–Trinajstić information content (AvgIpc) is 2.59. The van der Waals surface area contributed by atoms with Crippen LogP contribution >= 0.6 is 11.6 Å². The summed E-state index contributed by atoms with van der Waals surface area (Å²) in [6.07, 6.45) is 0. The van der Waals surface area contributed by atoms with Crippen molar-refractivity contribution in [2.75, 3.05) is 18.0 Å². The van der Waals surface area contributed by atoms with E-state index in [-0.39, 0.29) is 29.1 Å². The van der Waals surface area contributed by atoms with Crippen molar-refractivity contribution < 1.29 is 14.0 Å². The number of rotatable bonds is 2. The molecule has 3 rings (SSSR count). The molecule has 0 aliphatic carbocycles. The number of nitrogens with zero attached hydrogens (tertiary/aromatic N) is 2. The first-order chi connectivity index (χ1) is 11.9. The number of hydrogen-bond acceptors (Lipinski definition) is 2. The lowest BCUT2D eigenvalue weighted by Crippen LogP contribution is -2.57. The number of amides is 2. The lowest BCUT2D eigenvalue weighted by atomic mass is 10.1. The minimum absolute atomic E-state index is 0.0974. The summed E-state index contributed by atoms with van der Waals surface area (Å²) in [4.78, 5) is 28.3. The summed E-state index contributed by atoms with van der Waals surface area (Å²) in [5.41, 5.74) is 1.79. The number of carbonyl (C=O) groups is 2. The molecule has 1 atom stereocenters. The van der Waals surface area contributed by atoms with Gasteiger partial charge in [-0.3, -0.25) is 9.59 Å². The van der Waals surface area contributed by atoms with E-state index in [1.54, 1.807) is 4.90 Å². The molecule has 0 bridgehead atoms. The molecular formula is C19H18ClFN2O2. The van der Waals surface area contributed by atoms with Crippen LogP contribution < -0.4 is 4.90 Å². The van der Waals surface area contributed by atoms with E-state index >= 15 is 0 Å². The fourth-order valence-corrected chi connectivity index (χ4v) is 3.09. The number of hydrogen-bond donors (Lipinski definition) is 0. The van der Waals surface area contributed by atoms with Crippen molar-refractivity contribution >= 4 is 29.1 Å². The van der Waals surface area contributed by atoms with Gasteiger partial charge in [0.1, 0.15) is 12.4 Å². The molecule has 1 aliphatic heterocycles. The predicted molar refractivity (Wildman–Crippen MR) is 95.4 cm³/mol. The Labute approximate surface area is 150 Å². The third kappa shape index (κ3) is 3.51. The van der Waals surface area contributed by atoms with Crippen molar-refractivity contribution in [2.24, 2.45) is 0 Å². The first-order valence-electron chi connectivity index (χ1n) is 8.00. The Morgan fingerprint density at radius 3 is 2.56 bits per heavy atom. The first-order valence-corrected chi connectivity index (χ1v) is 8.37. The summed E-state index contributed by atoms with van der Waals surface area (Å²) >= 11 is 5.87. The zero-order valence-electron chi connectivity index (χ0n) is 14.0. The lowest BCUT2D eigenvalue weighted by Gasteiger charge is -2.39. The van der Waals surface area contributed by atoms with Crippen LogP contribution in [-0.2, 0) is 4.79 Å². The Hall–Kier alpha value is -2.40. The van der Waals surface area contributed by atoms with E-state index in [0.717, 1.165) is 17.3 Å². The highest BCUT2D eigenvalue weighted by atomic mass is 35.5. The van der Waals surface area contributed by atoms with Crippen LogP contribution in [0.3, 0.4) is 0 Å². The molecule has 0 aromatic heterocycles. The molecule has 0 unspecified atom stereocenters.